The van der Waals surface area contributed by atoms with E-state index in [1.807, 2.05) is 72.8 Å². The molecule has 3 aromatic rings. The maximum absolute atomic E-state index is 6.06. The minimum Gasteiger partial charge on any atom is -0.485 e. The maximum atomic E-state index is 6.06. The fourth-order valence-electron chi connectivity index (χ4n) is 2.55. The molecule has 0 aromatic heterocycles. The molecule has 0 bridgehead atoms. The first kappa shape index (κ1) is 15.0. The van der Waals surface area contributed by atoms with Gasteiger partial charge in [-0.3, -0.25) is 0 Å². The van der Waals surface area contributed by atoms with Gasteiger partial charge in [0, 0.05) is 0 Å². The predicted octanol–water partition coefficient (Wildman–Crippen LogP) is 5.75. The Bertz CT molecular complexity index is 892. The highest BCUT2D eigenvalue weighted by molar-refractivity contribution is 9.10. The average molecular weight is 380 g/mol. The normalized spacial score (nSPS) is 12.8. The summed E-state index contributed by atoms with van der Waals surface area (Å²) >= 11 is 3.56. The number of aliphatic imine (C=N–C) groups is 1. The van der Waals surface area contributed by atoms with Gasteiger partial charge in [-0.05, 0) is 45.8 Å². The Balaban J connectivity index is 1.79. The molecule has 0 amide bonds. The smallest absolute Gasteiger partial charge is 0.171 e. The van der Waals surface area contributed by atoms with E-state index in [1.54, 1.807) is 0 Å². The highest BCUT2D eigenvalue weighted by Gasteiger charge is 2.21. The van der Waals surface area contributed by atoms with E-state index < -0.39 is 0 Å². The number of benzene rings is 3. The molecule has 3 aromatic carbocycles. The Hall–Kier alpha value is -2.59. The van der Waals surface area contributed by atoms with Gasteiger partial charge in [0.25, 0.3) is 0 Å². The third-order valence-electron chi connectivity index (χ3n) is 3.73. The monoisotopic (exact) mass is 379 g/mol. The molecular formula is C20H14BrNO2. The number of fused-ring (bicyclic) bond motifs is 1. The summed E-state index contributed by atoms with van der Waals surface area (Å²) in [5.74, 6) is 2.14. The predicted molar refractivity (Wildman–Crippen MR) is 98.8 cm³/mol. The third kappa shape index (κ3) is 2.93. The van der Waals surface area contributed by atoms with Crippen LogP contribution in [0, 0.1) is 0 Å². The van der Waals surface area contributed by atoms with Crippen LogP contribution in [0.15, 0.2) is 82.3 Å². The van der Waals surface area contributed by atoms with Crippen molar-refractivity contribution in [2.45, 2.75) is 0 Å². The summed E-state index contributed by atoms with van der Waals surface area (Å²) in [7, 11) is 0. The topological polar surface area (TPSA) is 30.8 Å². The SMILES string of the molecule is Brc1ccc2c(c1Oc1ccccc1)N=C(c1ccccc1)CO2. The lowest BCUT2D eigenvalue weighted by Gasteiger charge is -2.20. The van der Waals surface area contributed by atoms with Crippen LogP contribution in [0.5, 0.6) is 17.2 Å². The van der Waals surface area contributed by atoms with Crippen LogP contribution in [-0.2, 0) is 0 Å². The van der Waals surface area contributed by atoms with E-state index in [1.165, 1.54) is 0 Å². The van der Waals surface area contributed by atoms with Gasteiger partial charge in [-0.25, -0.2) is 4.99 Å². The molecule has 0 saturated heterocycles. The van der Waals surface area contributed by atoms with Gasteiger partial charge < -0.3 is 9.47 Å². The zero-order valence-corrected chi connectivity index (χ0v) is 14.4. The van der Waals surface area contributed by atoms with E-state index in [-0.39, 0.29) is 0 Å². The number of hydrogen-bond donors (Lipinski definition) is 0. The van der Waals surface area contributed by atoms with Crippen LogP contribution in [0.1, 0.15) is 5.56 Å². The first-order valence-electron chi connectivity index (χ1n) is 7.62. The first-order chi connectivity index (χ1) is 11.8. The number of rotatable bonds is 3. The molecule has 0 radical (unpaired) electrons. The fourth-order valence-corrected chi connectivity index (χ4v) is 2.95. The minimum absolute atomic E-state index is 0.448. The Morgan fingerprint density at radius 2 is 1.58 bits per heavy atom. The molecule has 0 saturated carbocycles. The highest BCUT2D eigenvalue weighted by atomic mass is 79.9. The molecular weight excluding hydrogens is 366 g/mol. The Morgan fingerprint density at radius 3 is 2.33 bits per heavy atom. The van der Waals surface area contributed by atoms with Crippen molar-refractivity contribution in [1.29, 1.82) is 0 Å². The largest absolute Gasteiger partial charge is 0.485 e. The van der Waals surface area contributed by atoms with Crippen LogP contribution < -0.4 is 9.47 Å². The van der Waals surface area contributed by atoms with E-state index in [4.69, 9.17) is 14.5 Å². The fraction of sp³-hybridized carbons (Fsp3) is 0.0500. The molecule has 3 nitrogen and oxygen atoms in total. The maximum Gasteiger partial charge on any atom is 0.171 e. The van der Waals surface area contributed by atoms with Crippen molar-refractivity contribution in [2.24, 2.45) is 4.99 Å². The molecule has 0 fully saturated rings. The number of nitrogens with zero attached hydrogens (tertiary/aromatic N) is 1. The molecule has 0 N–H and O–H groups in total. The van der Waals surface area contributed by atoms with Crippen LogP contribution in [0.3, 0.4) is 0 Å². The number of para-hydroxylation sites is 1. The van der Waals surface area contributed by atoms with Crippen LogP contribution in [0.25, 0.3) is 0 Å². The van der Waals surface area contributed by atoms with Gasteiger partial charge >= 0.3 is 0 Å². The van der Waals surface area contributed by atoms with E-state index in [9.17, 15) is 0 Å². The number of ether oxygens (including phenoxy) is 2. The van der Waals surface area contributed by atoms with Gasteiger partial charge in [-0.1, -0.05) is 48.5 Å². The lowest BCUT2D eigenvalue weighted by molar-refractivity contribution is 0.369. The van der Waals surface area contributed by atoms with Gasteiger partial charge in [0.2, 0.25) is 0 Å². The lowest BCUT2D eigenvalue weighted by atomic mass is 10.1. The molecule has 1 aliphatic rings. The second-order valence-electron chi connectivity index (χ2n) is 5.35. The molecule has 4 heteroatoms. The van der Waals surface area contributed by atoms with Gasteiger partial charge in [0.1, 0.15) is 23.8 Å². The van der Waals surface area contributed by atoms with E-state index in [0.717, 1.165) is 27.2 Å². The summed E-state index contributed by atoms with van der Waals surface area (Å²) in [5, 5.41) is 0. The van der Waals surface area contributed by atoms with Crippen molar-refractivity contribution >= 4 is 27.3 Å². The average Bonchev–Trinajstić information content (AvgIpc) is 2.65. The van der Waals surface area contributed by atoms with Crippen LogP contribution >= 0.6 is 15.9 Å². The Morgan fingerprint density at radius 1 is 0.875 bits per heavy atom. The summed E-state index contributed by atoms with van der Waals surface area (Å²) in [6, 6.07) is 23.5. The van der Waals surface area contributed by atoms with Crippen molar-refractivity contribution in [3.8, 4) is 17.2 Å². The number of hydrogen-bond acceptors (Lipinski definition) is 3. The zero-order chi connectivity index (χ0) is 16.4. The lowest BCUT2D eigenvalue weighted by Crippen LogP contribution is -2.16. The Kier molecular flexibility index (Phi) is 4.05. The van der Waals surface area contributed by atoms with Gasteiger partial charge in [-0.15, -0.1) is 0 Å². The van der Waals surface area contributed by atoms with Crippen LogP contribution in [0.4, 0.5) is 5.69 Å². The molecule has 0 atom stereocenters. The van der Waals surface area contributed by atoms with Crippen LogP contribution in [-0.4, -0.2) is 12.3 Å². The summed E-state index contributed by atoms with van der Waals surface area (Å²) in [6.07, 6.45) is 0. The minimum atomic E-state index is 0.448. The zero-order valence-electron chi connectivity index (χ0n) is 12.8. The first-order valence-corrected chi connectivity index (χ1v) is 8.42. The quantitative estimate of drug-likeness (QED) is 0.579. The van der Waals surface area contributed by atoms with Gasteiger partial charge in [-0.2, -0.15) is 0 Å². The summed E-state index contributed by atoms with van der Waals surface area (Å²) in [6.45, 7) is 0.448. The van der Waals surface area contributed by atoms with E-state index in [2.05, 4.69) is 15.9 Å². The van der Waals surface area contributed by atoms with Crippen molar-refractivity contribution in [2.75, 3.05) is 6.61 Å². The molecule has 0 spiro atoms. The van der Waals surface area contributed by atoms with E-state index >= 15 is 0 Å². The summed E-state index contributed by atoms with van der Waals surface area (Å²) < 4.78 is 12.8. The summed E-state index contributed by atoms with van der Waals surface area (Å²) in [4.78, 5) is 4.81. The molecule has 0 aliphatic carbocycles. The standard InChI is InChI=1S/C20H14BrNO2/c21-16-11-12-18-19(20(16)24-15-9-5-2-6-10-15)22-17(13-23-18)14-7-3-1-4-8-14/h1-12H,13H2. The Labute approximate surface area is 148 Å². The molecule has 4 rings (SSSR count). The second-order valence-corrected chi connectivity index (χ2v) is 6.21. The molecule has 118 valence electrons. The number of halogens is 1. The van der Waals surface area contributed by atoms with Crippen molar-refractivity contribution in [3.63, 3.8) is 0 Å². The van der Waals surface area contributed by atoms with Gasteiger partial charge in [0.05, 0.1) is 10.2 Å². The van der Waals surface area contributed by atoms with Crippen molar-refractivity contribution < 1.29 is 9.47 Å². The van der Waals surface area contributed by atoms with Crippen molar-refractivity contribution in [3.05, 3.63) is 82.8 Å². The molecule has 24 heavy (non-hydrogen) atoms. The van der Waals surface area contributed by atoms with Gasteiger partial charge in [0.15, 0.2) is 5.75 Å². The molecule has 0 unspecified atom stereocenters. The van der Waals surface area contributed by atoms with E-state index in [0.29, 0.717) is 18.0 Å². The highest BCUT2D eigenvalue weighted by Crippen LogP contribution is 2.46. The second kappa shape index (κ2) is 6.49. The van der Waals surface area contributed by atoms with Crippen LogP contribution in [0.2, 0.25) is 0 Å². The van der Waals surface area contributed by atoms with Crippen molar-refractivity contribution in [1.82, 2.24) is 0 Å². The third-order valence-corrected chi connectivity index (χ3v) is 4.35. The molecule has 1 heterocycles. The summed E-state index contributed by atoms with van der Waals surface area (Å²) in [5.41, 5.74) is 2.64. The molecule has 1 aliphatic heterocycles.